The maximum atomic E-state index is 11.3. The molecular weight excluding hydrogens is 212 g/mol. The van der Waals surface area contributed by atoms with Crippen LogP contribution in [-0.2, 0) is 22.6 Å². The molecule has 2 nitrogen and oxygen atoms in total. The Bertz CT molecular complexity index is 350. The third-order valence-corrected chi connectivity index (χ3v) is 2.52. The summed E-state index contributed by atoms with van der Waals surface area (Å²) < 4.78 is 5.17. The Balaban J connectivity index is 2.48. The van der Waals surface area contributed by atoms with E-state index in [0.29, 0.717) is 12.5 Å². The van der Waals surface area contributed by atoms with Crippen LogP contribution >= 0.6 is 0 Å². The summed E-state index contributed by atoms with van der Waals surface area (Å²) in [5.74, 6) is 0.464. The molecule has 1 aromatic carbocycles. The second kappa shape index (κ2) is 6.43. The number of rotatable bonds is 5. The van der Waals surface area contributed by atoms with Gasteiger partial charge in [0.25, 0.3) is 0 Å². The standard InChI is InChI=1S/C15H22O2/c1-11(2)9-13-5-7-14(8-6-13)10-17-15(16)12(3)4/h5-8,11-12H,9-10H2,1-4H3. The van der Waals surface area contributed by atoms with Gasteiger partial charge in [0, 0.05) is 0 Å². The van der Waals surface area contributed by atoms with Gasteiger partial charge in [-0.25, -0.2) is 0 Å². The molecule has 0 aliphatic heterocycles. The summed E-state index contributed by atoms with van der Waals surface area (Å²) >= 11 is 0. The van der Waals surface area contributed by atoms with Crippen molar-refractivity contribution in [2.45, 2.75) is 40.7 Å². The van der Waals surface area contributed by atoms with Gasteiger partial charge in [0.1, 0.15) is 6.61 Å². The Morgan fingerprint density at radius 3 is 2.06 bits per heavy atom. The van der Waals surface area contributed by atoms with Crippen LogP contribution in [0.4, 0.5) is 0 Å². The summed E-state index contributed by atoms with van der Waals surface area (Å²) in [7, 11) is 0. The molecule has 0 bridgehead atoms. The maximum Gasteiger partial charge on any atom is 0.308 e. The van der Waals surface area contributed by atoms with Crippen molar-refractivity contribution < 1.29 is 9.53 Å². The third kappa shape index (κ3) is 5.03. The molecule has 0 heterocycles. The molecule has 0 unspecified atom stereocenters. The van der Waals surface area contributed by atoms with E-state index in [0.717, 1.165) is 12.0 Å². The minimum absolute atomic E-state index is 0.0600. The van der Waals surface area contributed by atoms with Crippen molar-refractivity contribution >= 4 is 5.97 Å². The molecule has 94 valence electrons. The average molecular weight is 234 g/mol. The van der Waals surface area contributed by atoms with Crippen molar-refractivity contribution in [1.29, 1.82) is 0 Å². The molecule has 1 aromatic rings. The molecule has 0 atom stereocenters. The van der Waals surface area contributed by atoms with Gasteiger partial charge in [0.2, 0.25) is 0 Å². The zero-order valence-electron chi connectivity index (χ0n) is 11.2. The Morgan fingerprint density at radius 1 is 1.06 bits per heavy atom. The first-order valence-corrected chi connectivity index (χ1v) is 6.23. The molecule has 0 radical (unpaired) electrons. The smallest absolute Gasteiger partial charge is 0.308 e. The van der Waals surface area contributed by atoms with Gasteiger partial charge in [0.15, 0.2) is 0 Å². The van der Waals surface area contributed by atoms with Crippen molar-refractivity contribution in [2.24, 2.45) is 11.8 Å². The molecule has 0 spiro atoms. The largest absolute Gasteiger partial charge is 0.461 e. The predicted molar refractivity (Wildman–Crippen MR) is 69.6 cm³/mol. The zero-order chi connectivity index (χ0) is 12.8. The van der Waals surface area contributed by atoms with E-state index >= 15 is 0 Å². The van der Waals surface area contributed by atoms with Gasteiger partial charge in [-0.3, -0.25) is 4.79 Å². The van der Waals surface area contributed by atoms with Gasteiger partial charge >= 0.3 is 5.97 Å². The normalized spacial score (nSPS) is 10.9. The molecule has 1 rings (SSSR count). The van der Waals surface area contributed by atoms with E-state index in [9.17, 15) is 4.79 Å². The lowest BCUT2D eigenvalue weighted by atomic mass is 10.0. The molecule has 17 heavy (non-hydrogen) atoms. The number of ether oxygens (including phenoxy) is 1. The summed E-state index contributed by atoms with van der Waals surface area (Å²) in [6.45, 7) is 8.47. The number of esters is 1. The van der Waals surface area contributed by atoms with Gasteiger partial charge < -0.3 is 4.74 Å². The first kappa shape index (κ1) is 13.8. The monoisotopic (exact) mass is 234 g/mol. The summed E-state index contributed by atoms with van der Waals surface area (Å²) in [5.41, 5.74) is 2.38. The lowest BCUT2D eigenvalue weighted by molar-refractivity contribution is -0.148. The van der Waals surface area contributed by atoms with Crippen LogP contribution in [0.2, 0.25) is 0 Å². The number of carbonyl (C=O) groups excluding carboxylic acids is 1. The van der Waals surface area contributed by atoms with Gasteiger partial charge in [-0.1, -0.05) is 52.0 Å². The highest BCUT2D eigenvalue weighted by atomic mass is 16.5. The van der Waals surface area contributed by atoms with Crippen LogP contribution in [0.1, 0.15) is 38.8 Å². The summed E-state index contributed by atoms with van der Waals surface area (Å²) in [6.07, 6.45) is 1.09. The highest BCUT2D eigenvalue weighted by Gasteiger charge is 2.08. The van der Waals surface area contributed by atoms with E-state index in [4.69, 9.17) is 4.74 Å². The van der Waals surface area contributed by atoms with E-state index in [2.05, 4.69) is 26.0 Å². The first-order chi connectivity index (χ1) is 7.99. The van der Waals surface area contributed by atoms with Crippen molar-refractivity contribution in [3.05, 3.63) is 35.4 Å². The molecule has 2 heteroatoms. The first-order valence-electron chi connectivity index (χ1n) is 6.23. The topological polar surface area (TPSA) is 26.3 Å². The fraction of sp³-hybridized carbons (Fsp3) is 0.533. The quantitative estimate of drug-likeness (QED) is 0.728. The SMILES string of the molecule is CC(C)Cc1ccc(COC(=O)C(C)C)cc1. The van der Waals surface area contributed by atoms with Crippen LogP contribution < -0.4 is 0 Å². The maximum absolute atomic E-state index is 11.3. The highest BCUT2D eigenvalue weighted by molar-refractivity contribution is 5.71. The molecule has 0 amide bonds. The van der Waals surface area contributed by atoms with Crippen molar-refractivity contribution in [1.82, 2.24) is 0 Å². The molecule has 0 aromatic heterocycles. The van der Waals surface area contributed by atoms with E-state index in [-0.39, 0.29) is 11.9 Å². The van der Waals surface area contributed by atoms with Crippen LogP contribution in [0, 0.1) is 11.8 Å². The number of benzene rings is 1. The average Bonchev–Trinajstić information content (AvgIpc) is 2.26. The van der Waals surface area contributed by atoms with E-state index in [1.165, 1.54) is 5.56 Å². The number of carbonyl (C=O) groups is 1. The molecule has 0 saturated carbocycles. The van der Waals surface area contributed by atoms with Crippen LogP contribution in [0.3, 0.4) is 0 Å². The molecule has 0 aliphatic rings. The van der Waals surface area contributed by atoms with Crippen LogP contribution in [0.25, 0.3) is 0 Å². The fourth-order valence-electron chi connectivity index (χ4n) is 1.56. The summed E-state index contributed by atoms with van der Waals surface area (Å²) in [4.78, 5) is 11.3. The van der Waals surface area contributed by atoms with Crippen molar-refractivity contribution in [3.8, 4) is 0 Å². The minimum Gasteiger partial charge on any atom is -0.461 e. The van der Waals surface area contributed by atoms with Crippen LogP contribution in [-0.4, -0.2) is 5.97 Å². The summed E-state index contributed by atoms with van der Waals surface area (Å²) in [5, 5.41) is 0. The molecule has 0 fully saturated rings. The lowest BCUT2D eigenvalue weighted by Gasteiger charge is -2.08. The second-order valence-electron chi connectivity index (χ2n) is 5.18. The van der Waals surface area contributed by atoms with Crippen LogP contribution in [0.15, 0.2) is 24.3 Å². The number of hydrogen-bond acceptors (Lipinski definition) is 2. The predicted octanol–water partition coefficient (Wildman–Crippen LogP) is 3.58. The van der Waals surface area contributed by atoms with Gasteiger partial charge in [-0.15, -0.1) is 0 Å². The minimum atomic E-state index is -0.142. The Morgan fingerprint density at radius 2 is 1.59 bits per heavy atom. The lowest BCUT2D eigenvalue weighted by Crippen LogP contribution is -2.11. The number of hydrogen-bond donors (Lipinski definition) is 0. The highest BCUT2D eigenvalue weighted by Crippen LogP contribution is 2.11. The van der Waals surface area contributed by atoms with Gasteiger partial charge in [-0.05, 0) is 23.5 Å². The molecule has 0 N–H and O–H groups in total. The fourth-order valence-corrected chi connectivity index (χ4v) is 1.56. The second-order valence-corrected chi connectivity index (χ2v) is 5.18. The van der Waals surface area contributed by atoms with Gasteiger partial charge in [0.05, 0.1) is 5.92 Å². The van der Waals surface area contributed by atoms with Crippen molar-refractivity contribution in [3.63, 3.8) is 0 Å². The van der Waals surface area contributed by atoms with E-state index in [1.54, 1.807) is 0 Å². The summed E-state index contributed by atoms with van der Waals surface area (Å²) in [6, 6.07) is 8.29. The molecule has 0 aliphatic carbocycles. The van der Waals surface area contributed by atoms with Gasteiger partial charge in [-0.2, -0.15) is 0 Å². The molecule has 0 saturated heterocycles. The van der Waals surface area contributed by atoms with Crippen molar-refractivity contribution in [2.75, 3.05) is 0 Å². The molecular formula is C15H22O2. The van der Waals surface area contributed by atoms with E-state index in [1.807, 2.05) is 26.0 Å². The van der Waals surface area contributed by atoms with E-state index < -0.39 is 0 Å². The zero-order valence-corrected chi connectivity index (χ0v) is 11.2. The van der Waals surface area contributed by atoms with Crippen LogP contribution in [0.5, 0.6) is 0 Å². The Kier molecular flexibility index (Phi) is 5.20. The third-order valence-electron chi connectivity index (χ3n) is 2.52. The Labute approximate surface area is 104 Å². The Hall–Kier alpha value is -1.31.